The number of aliphatic hydroxyl groups excluding tert-OH is 2. The van der Waals surface area contributed by atoms with Gasteiger partial charge in [0.2, 0.25) is 0 Å². The van der Waals surface area contributed by atoms with Crippen molar-refractivity contribution in [3.8, 4) is 11.8 Å². The number of amides is 1. The van der Waals surface area contributed by atoms with Crippen LogP contribution in [0.2, 0.25) is 0 Å². The molecule has 2 unspecified atom stereocenters. The van der Waals surface area contributed by atoms with Crippen molar-refractivity contribution in [3.63, 3.8) is 0 Å². The van der Waals surface area contributed by atoms with Gasteiger partial charge in [-0.15, -0.1) is 0 Å². The largest absolute Gasteiger partial charge is 0.393 e. The summed E-state index contributed by atoms with van der Waals surface area (Å²) in [4.78, 5) is 14.3. The van der Waals surface area contributed by atoms with Crippen molar-refractivity contribution in [1.82, 2.24) is 4.90 Å². The third-order valence-electron chi connectivity index (χ3n) is 3.65. The van der Waals surface area contributed by atoms with Crippen LogP contribution in [-0.4, -0.2) is 46.8 Å². The Morgan fingerprint density at radius 1 is 1.50 bits per heavy atom. The van der Waals surface area contributed by atoms with Crippen LogP contribution in [0.1, 0.15) is 29.3 Å². The van der Waals surface area contributed by atoms with Crippen molar-refractivity contribution in [3.05, 3.63) is 35.4 Å². The second-order valence-corrected chi connectivity index (χ2v) is 5.05. The van der Waals surface area contributed by atoms with Gasteiger partial charge in [0, 0.05) is 24.6 Å². The Morgan fingerprint density at radius 2 is 2.25 bits per heavy atom. The molecule has 1 saturated heterocycles. The van der Waals surface area contributed by atoms with E-state index in [9.17, 15) is 9.90 Å². The van der Waals surface area contributed by atoms with E-state index in [1.807, 2.05) is 6.07 Å². The van der Waals surface area contributed by atoms with E-state index in [1.165, 1.54) is 0 Å². The lowest BCUT2D eigenvalue weighted by molar-refractivity contribution is 0.0762. The predicted molar refractivity (Wildman–Crippen MR) is 76.1 cm³/mol. The van der Waals surface area contributed by atoms with Crippen LogP contribution in [0, 0.1) is 17.8 Å². The summed E-state index contributed by atoms with van der Waals surface area (Å²) in [6.07, 6.45) is 0.436. The molecule has 20 heavy (non-hydrogen) atoms. The van der Waals surface area contributed by atoms with Gasteiger partial charge in [0.05, 0.1) is 11.7 Å². The highest BCUT2D eigenvalue weighted by Gasteiger charge is 2.30. The van der Waals surface area contributed by atoms with E-state index in [-0.39, 0.29) is 18.4 Å². The zero-order valence-corrected chi connectivity index (χ0v) is 11.5. The lowest BCUT2D eigenvalue weighted by Crippen LogP contribution is -2.30. The van der Waals surface area contributed by atoms with Crippen LogP contribution in [0.25, 0.3) is 0 Å². The topological polar surface area (TPSA) is 60.8 Å². The molecule has 1 fully saturated rings. The molecule has 1 aliphatic rings. The summed E-state index contributed by atoms with van der Waals surface area (Å²) in [6, 6.07) is 7.15. The van der Waals surface area contributed by atoms with E-state index in [4.69, 9.17) is 5.11 Å². The molecule has 2 rings (SSSR count). The number of carbonyl (C=O) groups is 1. The van der Waals surface area contributed by atoms with Gasteiger partial charge in [0.25, 0.3) is 5.91 Å². The van der Waals surface area contributed by atoms with Crippen LogP contribution in [0.5, 0.6) is 0 Å². The van der Waals surface area contributed by atoms with Crippen LogP contribution < -0.4 is 0 Å². The fraction of sp³-hybridized carbons (Fsp3) is 0.438. The van der Waals surface area contributed by atoms with Crippen molar-refractivity contribution < 1.29 is 15.0 Å². The van der Waals surface area contributed by atoms with E-state index in [0.29, 0.717) is 24.2 Å². The van der Waals surface area contributed by atoms with Gasteiger partial charge in [-0.05, 0) is 25.5 Å². The second-order valence-electron chi connectivity index (χ2n) is 5.05. The molecule has 1 aromatic carbocycles. The average Bonchev–Trinajstić information content (AvgIpc) is 2.94. The summed E-state index contributed by atoms with van der Waals surface area (Å²) in [7, 11) is 0. The lowest BCUT2D eigenvalue weighted by atomic mass is 10.0. The number of aliphatic hydroxyl groups is 2. The molecule has 2 atom stereocenters. The Bertz CT molecular complexity index is 542. The first kappa shape index (κ1) is 14.6. The Balaban J connectivity index is 2.18. The Hall–Kier alpha value is -1.83. The highest BCUT2D eigenvalue weighted by atomic mass is 16.3. The van der Waals surface area contributed by atoms with Crippen LogP contribution in [0.3, 0.4) is 0 Å². The molecule has 1 heterocycles. The highest BCUT2D eigenvalue weighted by Crippen LogP contribution is 2.22. The average molecular weight is 273 g/mol. The van der Waals surface area contributed by atoms with E-state index in [1.54, 1.807) is 30.0 Å². The van der Waals surface area contributed by atoms with Gasteiger partial charge in [0.1, 0.15) is 6.61 Å². The molecule has 0 aromatic heterocycles. The number of benzene rings is 1. The number of hydrogen-bond donors (Lipinski definition) is 2. The van der Waals surface area contributed by atoms with Crippen molar-refractivity contribution in [2.45, 2.75) is 19.4 Å². The smallest absolute Gasteiger partial charge is 0.255 e. The molecule has 0 radical (unpaired) electrons. The van der Waals surface area contributed by atoms with Crippen LogP contribution in [-0.2, 0) is 0 Å². The number of likely N-dealkylation sites (tertiary alicyclic amines) is 1. The number of carbonyl (C=O) groups excluding carboxylic acids is 1. The summed E-state index contributed by atoms with van der Waals surface area (Å²) >= 11 is 0. The molecule has 1 aliphatic heterocycles. The molecule has 0 bridgehead atoms. The molecule has 0 saturated carbocycles. The zero-order valence-electron chi connectivity index (χ0n) is 11.5. The maximum atomic E-state index is 12.5. The van der Waals surface area contributed by atoms with Crippen LogP contribution in [0.4, 0.5) is 0 Å². The molecule has 4 nitrogen and oxygen atoms in total. The van der Waals surface area contributed by atoms with Gasteiger partial charge < -0.3 is 15.1 Å². The summed E-state index contributed by atoms with van der Waals surface area (Å²) in [5, 5.41) is 18.4. The van der Waals surface area contributed by atoms with Gasteiger partial charge in [-0.3, -0.25) is 4.79 Å². The molecule has 1 amide bonds. The van der Waals surface area contributed by atoms with E-state index in [0.717, 1.165) is 6.42 Å². The molecule has 0 spiro atoms. The second kappa shape index (κ2) is 6.56. The van der Waals surface area contributed by atoms with Crippen molar-refractivity contribution in [1.29, 1.82) is 0 Å². The van der Waals surface area contributed by atoms with Crippen molar-refractivity contribution in [2.75, 3.05) is 19.7 Å². The first-order valence-electron chi connectivity index (χ1n) is 6.79. The third kappa shape index (κ3) is 3.19. The molecule has 4 heteroatoms. The van der Waals surface area contributed by atoms with Gasteiger partial charge in [-0.2, -0.15) is 0 Å². The molecular formula is C16H19NO3. The van der Waals surface area contributed by atoms with Gasteiger partial charge in [-0.1, -0.05) is 24.0 Å². The normalized spacial score (nSPS) is 19.4. The fourth-order valence-electron chi connectivity index (χ4n) is 2.45. The Labute approximate surface area is 119 Å². The van der Waals surface area contributed by atoms with Gasteiger partial charge >= 0.3 is 0 Å². The molecule has 2 N–H and O–H groups in total. The van der Waals surface area contributed by atoms with E-state index >= 15 is 0 Å². The minimum Gasteiger partial charge on any atom is -0.393 e. The maximum absolute atomic E-state index is 12.5. The van der Waals surface area contributed by atoms with E-state index in [2.05, 4.69) is 11.8 Å². The Morgan fingerprint density at radius 3 is 2.90 bits per heavy atom. The molecule has 1 aromatic rings. The number of rotatable bonds is 2. The highest BCUT2D eigenvalue weighted by molar-refractivity contribution is 5.96. The SMILES string of the molecule is CC(O)C1CCN(C(=O)c2ccccc2C#CCO)C1. The molecule has 106 valence electrons. The first-order valence-corrected chi connectivity index (χ1v) is 6.79. The quantitative estimate of drug-likeness (QED) is 0.786. The monoisotopic (exact) mass is 273 g/mol. The Kier molecular flexibility index (Phi) is 4.78. The minimum atomic E-state index is -0.391. The summed E-state index contributed by atoms with van der Waals surface area (Å²) in [5.74, 6) is 5.47. The molecule has 0 aliphatic carbocycles. The summed E-state index contributed by atoms with van der Waals surface area (Å²) in [5.41, 5.74) is 1.19. The standard InChI is InChI=1S/C16H19NO3/c1-12(19)14-8-9-17(11-14)16(20)15-7-3-2-5-13(15)6-4-10-18/h2-3,5,7,12,14,18-19H,8-11H2,1H3. The fourth-order valence-corrected chi connectivity index (χ4v) is 2.45. The van der Waals surface area contributed by atoms with Gasteiger partial charge in [-0.25, -0.2) is 0 Å². The first-order chi connectivity index (χ1) is 9.63. The van der Waals surface area contributed by atoms with Crippen molar-refractivity contribution >= 4 is 5.91 Å². The lowest BCUT2D eigenvalue weighted by Gasteiger charge is -2.18. The minimum absolute atomic E-state index is 0.0593. The molecular weight excluding hydrogens is 254 g/mol. The van der Waals surface area contributed by atoms with Gasteiger partial charge in [0.15, 0.2) is 0 Å². The number of hydrogen-bond acceptors (Lipinski definition) is 3. The summed E-state index contributed by atoms with van der Waals surface area (Å²) in [6.45, 7) is 2.78. The van der Waals surface area contributed by atoms with Crippen molar-refractivity contribution in [2.24, 2.45) is 5.92 Å². The van der Waals surface area contributed by atoms with E-state index < -0.39 is 6.10 Å². The third-order valence-corrected chi connectivity index (χ3v) is 3.65. The van der Waals surface area contributed by atoms with Crippen LogP contribution >= 0.6 is 0 Å². The number of nitrogens with zero attached hydrogens (tertiary/aromatic N) is 1. The summed E-state index contributed by atoms with van der Waals surface area (Å²) < 4.78 is 0. The predicted octanol–water partition coefficient (Wildman–Crippen LogP) is 0.873. The zero-order chi connectivity index (χ0) is 14.5. The van der Waals surface area contributed by atoms with Crippen LogP contribution in [0.15, 0.2) is 24.3 Å². The maximum Gasteiger partial charge on any atom is 0.255 e.